The van der Waals surface area contributed by atoms with E-state index in [9.17, 15) is 10.1 Å². The van der Waals surface area contributed by atoms with Gasteiger partial charge >= 0.3 is 0 Å². The molecule has 106 valence electrons. The highest BCUT2D eigenvalue weighted by molar-refractivity contribution is 5.83. The molecule has 0 aliphatic carbocycles. The third kappa shape index (κ3) is 3.08. The molecule has 6 heteroatoms. The van der Waals surface area contributed by atoms with Gasteiger partial charge in [-0.2, -0.15) is 0 Å². The maximum absolute atomic E-state index is 10.9. The number of hydrogen-bond donors (Lipinski definition) is 1. The summed E-state index contributed by atoms with van der Waals surface area (Å²) in [5.74, 6) is 0. The van der Waals surface area contributed by atoms with E-state index in [0.29, 0.717) is 6.04 Å². The number of nitrogens with one attached hydrogen (secondary N) is 1. The predicted octanol–water partition coefficient (Wildman–Crippen LogP) is 2.47. The molecule has 2 aromatic rings. The molecule has 1 aromatic carbocycles. The van der Waals surface area contributed by atoms with Crippen molar-refractivity contribution < 1.29 is 4.92 Å². The van der Waals surface area contributed by atoms with E-state index < -0.39 is 4.92 Å². The Balaban J connectivity index is 2.41. The summed E-state index contributed by atoms with van der Waals surface area (Å²) >= 11 is 0. The Labute approximate surface area is 117 Å². The molecule has 20 heavy (non-hydrogen) atoms. The molecule has 0 fully saturated rings. The number of fused-ring (bicyclic) bond motifs is 1. The fourth-order valence-electron chi connectivity index (χ4n) is 2.30. The lowest BCUT2D eigenvalue weighted by Crippen LogP contribution is -2.27. The first kappa shape index (κ1) is 14.3. The van der Waals surface area contributed by atoms with Crippen LogP contribution in [0.25, 0.3) is 10.9 Å². The average molecular weight is 274 g/mol. The maximum Gasteiger partial charge on any atom is 0.270 e. The zero-order chi connectivity index (χ0) is 14.5. The van der Waals surface area contributed by atoms with Crippen molar-refractivity contribution in [1.29, 1.82) is 0 Å². The van der Waals surface area contributed by atoms with Crippen LogP contribution in [0.4, 0.5) is 5.69 Å². The second kappa shape index (κ2) is 6.38. The van der Waals surface area contributed by atoms with E-state index in [4.69, 9.17) is 0 Å². The number of nitrogens with zero attached hydrogens (tertiary/aromatic N) is 3. The van der Waals surface area contributed by atoms with Crippen molar-refractivity contribution in [3.05, 3.63) is 40.3 Å². The SMILES string of the molecule is CCCC(Cc1ncnc2ccc([N+](=O)[O-])cc12)NC. The topological polar surface area (TPSA) is 81.0 Å². The Morgan fingerprint density at radius 3 is 2.85 bits per heavy atom. The Bertz CT molecular complexity index is 615. The standard InChI is InChI=1S/C14H18N4O2/c1-3-4-10(15-2)7-14-12-8-11(18(19)20)5-6-13(12)16-9-17-14/h5-6,8-10,15H,3-4,7H2,1-2H3. The molecular weight excluding hydrogens is 256 g/mol. The first-order valence-corrected chi connectivity index (χ1v) is 6.71. The summed E-state index contributed by atoms with van der Waals surface area (Å²) in [6, 6.07) is 5.02. The fourth-order valence-corrected chi connectivity index (χ4v) is 2.30. The summed E-state index contributed by atoms with van der Waals surface area (Å²) in [5.41, 5.74) is 1.67. The molecule has 0 saturated carbocycles. The van der Waals surface area contributed by atoms with Gasteiger partial charge < -0.3 is 5.32 Å². The van der Waals surface area contributed by atoms with Crippen molar-refractivity contribution in [2.45, 2.75) is 32.2 Å². The second-order valence-corrected chi connectivity index (χ2v) is 4.76. The molecule has 0 aliphatic heterocycles. The van der Waals surface area contributed by atoms with Gasteiger partial charge in [0, 0.05) is 30.0 Å². The zero-order valence-corrected chi connectivity index (χ0v) is 11.7. The van der Waals surface area contributed by atoms with E-state index in [1.54, 1.807) is 12.1 Å². The lowest BCUT2D eigenvalue weighted by Gasteiger charge is -2.15. The number of non-ortho nitro benzene ring substituents is 1. The van der Waals surface area contributed by atoms with Gasteiger partial charge in [0.25, 0.3) is 5.69 Å². The zero-order valence-electron chi connectivity index (χ0n) is 11.7. The van der Waals surface area contributed by atoms with Crippen LogP contribution in [-0.4, -0.2) is 28.0 Å². The molecular formula is C14H18N4O2. The third-order valence-corrected chi connectivity index (χ3v) is 3.40. The highest BCUT2D eigenvalue weighted by Crippen LogP contribution is 2.22. The average Bonchev–Trinajstić information content (AvgIpc) is 2.46. The van der Waals surface area contributed by atoms with Gasteiger partial charge in [-0.3, -0.25) is 10.1 Å². The summed E-state index contributed by atoms with van der Waals surface area (Å²) in [7, 11) is 1.92. The molecule has 0 bridgehead atoms. The van der Waals surface area contributed by atoms with Gasteiger partial charge in [0.05, 0.1) is 16.1 Å². The molecule has 0 saturated heterocycles. The van der Waals surface area contributed by atoms with Gasteiger partial charge in [-0.1, -0.05) is 13.3 Å². The smallest absolute Gasteiger partial charge is 0.270 e. The van der Waals surface area contributed by atoms with Crippen LogP contribution in [0.1, 0.15) is 25.5 Å². The Morgan fingerprint density at radius 1 is 1.40 bits per heavy atom. The number of hydrogen-bond acceptors (Lipinski definition) is 5. The number of nitro groups is 1. The normalized spacial score (nSPS) is 12.5. The fraction of sp³-hybridized carbons (Fsp3) is 0.429. The molecule has 1 heterocycles. The molecule has 1 aromatic heterocycles. The van der Waals surface area contributed by atoms with E-state index in [-0.39, 0.29) is 5.69 Å². The summed E-state index contributed by atoms with van der Waals surface area (Å²) in [4.78, 5) is 19.0. The first-order valence-electron chi connectivity index (χ1n) is 6.71. The maximum atomic E-state index is 10.9. The third-order valence-electron chi connectivity index (χ3n) is 3.40. The molecule has 0 amide bonds. The number of nitro benzene ring substituents is 1. The molecule has 0 radical (unpaired) electrons. The first-order chi connectivity index (χ1) is 9.65. The second-order valence-electron chi connectivity index (χ2n) is 4.76. The van der Waals surface area contributed by atoms with Gasteiger partial charge in [-0.25, -0.2) is 9.97 Å². The number of benzene rings is 1. The summed E-state index contributed by atoms with van der Waals surface area (Å²) in [6.45, 7) is 2.13. The summed E-state index contributed by atoms with van der Waals surface area (Å²) < 4.78 is 0. The van der Waals surface area contributed by atoms with Crippen LogP contribution in [-0.2, 0) is 6.42 Å². The molecule has 1 unspecified atom stereocenters. The minimum Gasteiger partial charge on any atom is -0.317 e. The van der Waals surface area contributed by atoms with Crippen LogP contribution in [0.5, 0.6) is 0 Å². The van der Waals surface area contributed by atoms with Crippen LogP contribution in [0.3, 0.4) is 0 Å². The van der Waals surface area contributed by atoms with Crippen LogP contribution in [0.15, 0.2) is 24.5 Å². The van der Waals surface area contributed by atoms with Crippen LogP contribution >= 0.6 is 0 Å². The van der Waals surface area contributed by atoms with Crippen molar-refractivity contribution >= 4 is 16.6 Å². The summed E-state index contributed by atoms with van der Waals surface area (Å²) in [6.07, 6.45) is 4.37. The molecule has 2 rings (SSSR count). The number of likely N-dealkylation sites (N-methyl/N-ethyl adjacent to an activating group) is 1. The van der Waals surface area contributed by atoms with E-state index in [0.717, 1.165) is 35.9 Å². The number of rotatable bonds is 6. The minimum atomic E-state index is -0.391. The Kier molecular flexibility index (Phi) is 4.57. The molecule has 0 aliphatic rings. The lowest BCUT2D eigenvalue weighted by atomic mass is 10.0. The lowest BCUT2D eigenvalue weighted by molar-refractivity contribution is -0.384. The Morgan fingerprint density at radius 2 is 2.20 bits per heavy atom. The van der Waals surface area contributed by atoms with Crippen LogP contribution in [0.2, 0.25) is 0 Å². The predicted molar refractivity (Wildman–Crippen MR) is 77.7 cm³/mol. The van der Waals surface area contributed by atoms with Gasteiger partial charge in [-0.15, -0.1) is 0 Å². The van der Waals surface area contributed by atoms with Crippen molar-refractivity contribution in [2.24, 2.45) is 0 Å². The molecule has 1 atom stereocenters. The van der Waals surface area contributed by atoms with Crippen molar-refractivity contribution in [3.63, 3.8) is 0 Å². The van der Waals surface area contributed by atoms with E-state index in [2.05, 4.69) is 22.2 Å². The van der Waals surface area contributed by atoms with Gasteiger partial charge in [-0.05, 0) is 19.5 Å². The quantitative estimate of drug-likeness (QED) is 0.646. The van der Waals surface area contributed by atoms with Gasteiger partial charge in [0.1, 0.15) is 6.33 Å². The molecule has 1 N–H and O–H groups in total. The largest absolute Gasteiger partial charge is 0.317 e. The number of aromatic nitrogens is 2. The van der Waals surface area contributed by atoms with E-state index in [1.807, 2.05) is 7.05 Å². The Hall–Kier alpha value is -2.08. The van der Waals surface area contributed by atoms with Crippen molar-refractivity contribution in [2.75, 3.05) is 7.05 Å². The molecule has 6 nitrogen and oxygen atoms in total. The monoisotopic (exact) mass is 274 g/mol. The van der Waals surface area contributed by atoms with E-state index in [1.165, 1.54) is 12.4 Å². The van der Waals surface area contributed by atoms with Gasteiger partial charge in [0.2, 0.25) is 0 Å². The van der Waals surface area contributed by atoms with Crippen LogP contribution in [0, 0.1) is 10.1 Å². The van der Waals surface area contributed by atoms with Crippen LogP contribution < -0.4 is 5.32 Å². The highest BCUT2D eigenvalue weighted by atomic mass is 16.6. The summed E-state index contributed by atoms with van der Waals surface area (Å²) in [5, 5.41) is 14.9. The van der Waals surface area contributed by atoms with Crippen molar-refractivity contribution in [3.8, 4) is 0 Å². The van der Waals surface area contributed by atoms with Gasteiger partial charge in [0.15, 0.2) is 0 Å². The minimum absolute atomic E-state index is 0.0741. The molecule has 0 spiro atoms. The van der Waals surface area contributed by atoms with E-state index >= 15 is 0 Å². The van der Waals surface area contributed by atoms with Crippen molar-refractivity contribution in [1.82, 2.24) is 15.3 Å². The highest BCUT2D eigenvalue weighted by Gasteiger charge is 2.13.